The third-order valence-electron chi connectivity index (χ3n) is 3.26. The quantitative estimate of drug-likeness (QED) is 0.536. The van der Waals surface area contributed by atoms with E-state index in [0.717, 1.165) is 0 Å². The van der Waals surface area contributed by atoms with Crippen LogP contribution in [0.3, 0.4) is 0 Å². The topological polar surface area (TPSA) is 99.1 Å². The number of morpholine rings is 1. The molecule has 122 valence electrons. The lowest BCUT2D eigenvalue weighted by Crippen LogP contribution is -2.54. The van der Waals surface area contributed by atoms with E-state index in [9.17, 15) is 14.7 Å². The van der Waals surface area contributed by atoms with Crippen molar-refractivity contribution in [2.75, 3.05) is 19.6 Å². The van der Waals surface area contributed by atoms with E-state index in [1.807, 2.05) is 4.90 Å². The van der Waals surface area contributed by atoms with E-state index in [2.05, 4.69) is 5.32 Å². The predicted molar refractivity (Wildman–Crippen MR) is 76.5 cm³/mol. The molecule has 1 rings (SSSR count). The number of ether oxygens (including phenoxy) is 1. The molecule has 1 fully saturated rings. The monoisotopic (exact) mass is 302 g/mol. The highest BCUT2D eigenvalue weighted by Crippen LogP contribution is 2.17. The smallest absolute Gasteiger partial charge is 0.323 e. The Kier molecular flexibility index (Phi) is 7.07. The van der Waals surface area contributed by atoms with Crippen LogP contribution in [-0.4, -0.2) is 71.0 Å². The minimum atomic E-state index is -0.596. The third-order valence-corrected chi connectivity index (χ3v) is 3.26. The molecule has 0 aliphatic carbocycles. The Bertz CT molecular complexity index is 357. The lowest BCUT2D eigenvalue weighted by Gasteiger charge is -2.37. The number of hydrogen-bond acceptors (Lipinski definition) is 6. The van der Waals surface area contributed by atoms with Crippen LogP contribution in [0.1, 0.15) is 33.6 Å². The Morgan fingerprint density at radius 2 is 2.10 bits per heavy atom. The van der Waals surface area contributed by atoms with E-state index in [1.54, 1.807) is 20.8 Å². The molecule has 0 bridgehead atoms. The van der Waals surface area contributed by atoms with Crippen molar-refractivity contribution in [1.82, 2.24) is 10.2 Å². The van der Waals surface area contributed by atoms with Crippen LogP contribution < -0.4 is 5.32 Å². The van der Waals surface area contributed by atoms with Crippen LogP contribution in [0.5, 0.6) is 0 Å². The second kappa shape index (κ2) is 8.31. The first kappa shape index (κ1) is 17.9. The van der Waals surface area contributed by atoms with E-state index >= 15 is 0 Å². The number of esters is 1. The number of carbonyl (C=O) groups is 2. The fraction of sp³-hybridized carbons (Fsp3) is 0.857. The number of rotatable bonds is 7. The second-order valence-corrected chi connectivity index (χ2v) is 5.76. The third kappa shape index (κ3) is 6.41. The lowest BCUT2D eigenvalue weighted by molar-refractivity contribution is -0.166. The summed E-state index contributed by atoms with van der Waals surface area (Å²) >= 11 is 0. The Morgan fingerprint density at radius 3 is 2.67 bits per heavy atom. The second-order valence-electron chi connectivity index (χ2n) is 5.76. The van der Waals surface area contributed by atoms with Gasteiger partial charge in [0.1, 0.15) is 12.1 Å². The number of cyclic esters (lactones) is 1. The van der Waals surface area contributed by atoms with Crippen molar-refractivity contribution in [3.63, 3.8) is 0 Å². The average Bonchev–Trinajstić information content (AvgIpc) is 2.34. The van der Waals surface area contributed by atoms with Gasteiger partial charge >= 0.3 is 5.97 Å². The molecule has 0 spiro atoms. The van der Waals surface area contributed by atoms with Crippen molar-refractivity contribution in [2.45, 2.75) is 58.0 Å². The molecule has 1 aliphatic rings. The summed E-state index contributed by atoms with van der Waals surface area (Å²) < 4.78 is 5.21. The Balaban J connectivity index is 2.51. The summed E-state index contributed by atoms with van der Waals surface area (Å²) in [7, 11) is 0. The first-order valence-corrected chi connectivity index (χ1v) is 7.37. The van der Waals surface area contributed by atoms with Crippen LogP contribution in [0, 0.1) is 0 Å². The summed E-state index contributed by atoms with van der Waals surface area (Å²) in [4.78, 5) is 25.5. The number of amides is 1. The average molecular weight is 302 g/mol. The Morgan fingerprint density at radius 1 is 1.43 bits per heavy atom. The molecular formula is C14H26N2O5. The van der Waals surface area contributed by atoms with Gasteiger partial charge in [-0.05, 0) is 27.2 Å². The van der Waals surface area contributed by atoms with Gasteiger partial charge in [-0.15, -0.1) is 0 Å². The van der Waals surface area contributed by atoms with Crippen LogP contribution in [-0.2, 0) is 14.3 Å². The first-order valence-electron chi connectivity index (χ1n) is 7.37. The highest BCUT2D eigenvalue weighted by atomic mass is 16.5. The summed E-state index contributed by atoms with van der Waals surface area (Å²) in [5, 5.41) is 21.2. The minimum absolute atomic E-state index is 0.178. The number of nitrogens with zero attached hydrogens (tertiary/aromatic N) is 1. The molecule has 1 saturated heterocycles. The number of β-amino-alcohol motifs (C(OH)–C–C–N with tert-alkyl or cyclic N) is 1. The number of aliphatic hydroxyl groups excluding tert-OH is 2. The molecule has 21 heavy (non-hydrogen) atoms. The standard InChI is InChI=1S/C14H26N2O5/c1-9(17)6-15-13(19)5-4-12-14(20)21-11(3)8-16(12)7-10(2)18/h9-12,17-18H,4-8H2,1-3H3,(H,15,19). The summed E-state index contributed by atoms with van der Waals surface area (Å²) in [6, 6.07) is -0.506. The zero-order chi connectivity index (χ0) is 16.0. The largest absolute Gasteiger partial charge is 0.460 e. The fourth-order valence-electron chi connectivity index (χ4n) is 2.38. The van der Waals surface area contributed by atoms with Crippen LogP contribution in [0.4, 0.5) is 0 Å². The minimum Gasteiger partial charge on any atom is -0.460 e. The van der Waals surface area contributed by atoms with Gasteiger partial charge in [-0.3, -0.25) is 14.5 Å². The van der Waals surface area contributed by atoms with Gasteiger partial charge in [0.05, 0.1) is 12.2 Å². The molecule has 0 aromatic heterocycles. The van der Waals surface area contributed by atoms with Gasteiger partial charge in [-0.1, -0.05) is 0 Å². The van der Waals surface area contributed by atoms with Gasteiger partial charge in [0, 0.05) is 26.1 Å². The van der Waals surface area contributed by atoms with Crippen LogP contribution in [0.15, 0.2) is 0 Å². The van der Waals surface area contributed by atoms with Crippen molar-refractivity contribution in [1.29, 1.82) is 0 Å². The zero-order valence-electron chi connectivity index (χ0n) is 12.9. The molecule has 1 aliphatic heterocycles. The van der Waals surface area contributed by atoms with Gasteiger partial charge in [-0.2, -0.15) is 0 Å². The van der Waals surface area contributed by atoms with Gasteiger partial charge in [0.15, 0.2) is 0 Å². The first-order chi connectivity index (χ1) is 9.79. The predicted octanol–water partition coefficient (Wildman–Crippen LogP) is -0.740. The van der Waals surface area contributed by atoms with Gasteiger partial charge in [-0.25, -0.2) is 0 Å². The van der Waals surface area contributed by atoms with Gasteiger partial charge in [0.2, 0.25) is 5.91 Å². The van der Waals surface area contributed by atoms with Gasteiger partial charge < -0.3 is 20.3 Å². The summed E-state index contributed by atoms with van der Waals surface area (Å²) in [6.07, 6.45) is -0.839. The van der Waals surface area contributed by atoms with E-state index in [1.165, 1.54) is 0 Å². The van der Waals surface area contributed by atoms with E-state index in [4.69, 9.17) is 9.84 Å². The van der Waals surface area contributed by atoms with Crippen LogP contribution >= 0.6 is 0 Å². The van der Waals surface area contributed by atoms with Crippen molar-refractivity contribution in [3.8, 4) is 0 Å². The molecule has 3 N–H and O–H groups in total. The molecule has 4 atom stereocenters. The number of carbonyl (C=O) groups excluding carboxylic acids is 2. The summed E-state index contributed by atoms with van der Waals surface area (Å²) in [6.45, 7) is 6.18. The number of nitrogens with one attached hydrogen (secondary N) is 1. The highest BCUT2D eigenvalue weighted by Gasteiger charge is 2.35. The molecular weight excluding hydrogens is 276 g/mol. The SMILES string of the molecule is CC(O)CNC(=O)CCC1C(=O)OC(C)CN1CC(C)O. The maximum atomic E-state index is 12.0. The summed E-state index contributed by atoms with van der Waals surface area (Å²) in [5.74, 6) is -0.558. The number of hydrogen-bond donors (Lipinski definition) is 3. The molecule has 1 amide bonds. The normalized spacial score (nSPS) is 26.0. The van der Waals surface area contributed by atoms with Gasteiger partial charge in [0.25, 0.3) is 0 Å². The van der Waals surface area contributed by atoms with Crippen molar-refractivity contribution < 1.29 is 24.5 Å². The Hall–Kier alpha value is -1.18. The lowest BCUT2D eigenvalue weighted by atomic mass is 10.1. The fourth-order valence-corrected chi connectivity index (χ4v) is 2.38. The molecule has 0 radical (unpaired) electrons. The van der Waals surface area contributed by atoms with Crippen molar-refractivity contribution in [2.24, 2.45) is 0 Å². The summed E-state index contributed by atoms with van der Waals surface area (Å²) in [5.41, 5.74) is 0. The highest BCUT2D eigenvalue weighted by molar-refractivity contribution is 5.79. The van der Waals surface area contributed by atoms with E-state index in [-0.39, 0.29) is 30.9 Å². The molecule has 0 aromatic carbocycles. The van der Waals surface area contributed by atoms with Crippen LogP contribution in [0.25, 0.3) is 0 Å². The maximum Gasteiger partial charge on any atom is 0.323 e. The molecule has 7 nitrogen and oxygen atoms in total. The molecule has 0 aromatic rings. The van der Waals surface area contributed by atoms with Crippen molar-refractivity contribution >= 4 is 11.9 Å². The van der Waals surface area contributed by atoms with Crippen molar-refractivity contribution in [3.05, 3.63) is 0 Å². The zero-order valence-corrected chi connectivity index (χ0v) is 12.9. The van der Waals surface area contributed by atoms with E-state index < -0.39 is 18.2 Å². The number of aliphatic hydroxyl groups is 2. The molecule has 7 heteroatoms. The Labute approximate surface area is 125 Å². The molecule has 4 unspecified atom stereocenters. The molecule has 1 heterocycles. The molecule has 0 saturated carbocycles. The maximum absolute atomic E-state index is 12.0. The van der Waals surface area contributed by atoms with Crippen LogP contribution in [0.2, 0.25) is 0 Å². The van der Waals surface area contributed by atoms with E-state index in [0.29, 0.717) is 19.5 Å².